The summed E-state index contributed by atoms with van der Waals surface area (Å²) in [6.45, 7) is 0.0337. The van der Waals surface area contributed by atoms with E-state index in [1.54, 1.807) is 0 Å². The predicted octanol–water partition coefficient (Wildman–Crippen LogP) is 5.70. The van der Waals surface area contributed by atoms with E-state index in [9.17, 15) is 60.1 Å². The Kier molecular flexibility index (Phi) is 8.16. The highest BCUT2D eigenvalue weighted by molar-refractivity contribution is 5.70. The summed E-state index contributed by atoms with van der Waals surface area (Å²) < 4.78 is 111. The largest absolute Gasteiger partial charge is 0.514 e. The molecule has 1 aromatic carbocycles. The zero-order valence-electron chi connectivity index (χ0n) is 16.5. The van der Waals surface area contributed by atoms with Crippen molar-refractivity contribution in [1.82, 2.24) is 0 Å². The quantitative estimate of drug-likeness (QED) is 0.133. The van der Waals surface area contributed by atoms with Gasteiger partial charge in [0.1, 0.15) is 0 Å². The minimum atomic E-state index is -6.66. The lowest BCUT2D eigenvalue weighted by Gasteiger charge is -2.31. The van der Waals surface area contributed by atoms with Crippen LogP contribution in [0, 0.1) is 20.2 Å². The van der Waals surface area contributed by atoms with E-state index >= 15 is 0 Å². The van der Waals surface area contributed by atoms with E-state index < -0.39 is 69.8 Å². The fourth-order valence-electron chi connectivity index (χ4n) is 2.29. The third-order valence-electron chi connectivity index (χ3n) is 4.34. The van der Waals surface area contributed by atoms with Crippen molar-refractivity contribution < 1.29 is 59.2 Å². The number of ether oxygens (including phenoxy) is 2. The van der Waals surface area contributed by atoms with Crippen LogP contribution in [0.25, 0.3) is 0 Å². The van der Waals surface area contributed by atoms with Crippen LogP contribution in [0.1, 0.15) is 31.7 Å². The van der Waals surface area contributed by atoms with Crippen LogP contribution in [-0.2, 0) is 4.74 Å². The molecule has 0 aliphatic rings. The van der Waals surface area contributed by atoms with Gasteiger partial charge in [-0.1, -0.05) is 13.8 Å². The Bertz CT molecular complexity index is 926. The van der Waals surface area contributed by atoms with Gasteiger partial charge in [-0.3, -0.25) is 20.2 Å². The Morgan fingerprint density at radius 3 is 2.03 bits per heavy atom. The van der Waals surface area contributed by atoms with Gasteiger partial charge in [-0.2, -0.15) is 26.3 Å². The number of nitro groups is 2. The molecule has 9 nitrogen and oxygen atoms in total. The third-order valence-corrected chi connectivity index (χ3v) is 4.34. The van der Waals surface area contributed by atoms with Gasteiger partial charge in [0.15, 0.2) is 6.61 Å². The molecule has 0 aliphatic carbocycles. The average molecular weight is 498 g/mol. The van der Waals surface area contributed by atoms with Crippen molar-refractivity contribution in [3.05, 3.63) is 37.9 Å². The van der Waals surface area contributed by atoms with Crippen LogP contribution in [0.5, 0.6) is 5.75 Å². The van der Waals surface area contributed by atoms with Crippen molar-refractivity contribution in [1.29, 1.82) is 0 Å². The number of nitro benzene ring substituents is 2. The zero-order valence-corrected chi connectivity index (χ0v) is 16.5. The molecule has 33 heavy (non-hydrogen) atoms. The van der Waals surface area contributed by atoms with Gasteiger partial charge in [0.2, 0.25) is 5.75 Å². The summed E-state index contributed by atoms with van der Waals surface area (Å²) >= 11 is 0. The van der Waals surface area contributed by atoms with Gasteiger partial charge in [-0.15, -0.1) is 0 Å². The zero-order chi connectivity index (χ0) is 25.9. The van der Waals surface area contributed by atoms with E-state index in [0.29, 0.717) is 6.07 Å². The highest BCUT2D eigenvalue weighted by atomic mass is 19.4. The molecule has 0 aliphatic heterocycles. The maximum atomic E-state index is 13.5. The second kappa shape index (κ2) is 9.70. The first kappa shape index (κ1) is 27.8. The molecular weight excluding hydrogens is 484 g/mol. The lowest BCUT2D eigenvalue weighted by atomic mass is 9.96. The SMILES string of the molecule is CCC(C)c1cc([N+](=O)[O-])cc([N+](=O)[O-])c1OC(=O)OCC(F)(F)C(F)(F)C(F)(F)C(F)F. The van der Waals surface area contributed by atoms with Gasteiger partial charge < -0.3 is 9.47 Å². The van der Waals surface area contributed by atoms with Crippen LogP contribution < -0.4 is 4.74 Å². The van der Waals surface area contributed by atoms with Gasteiger partial charge in [-0.25, -0.2) is 13.6 Å². The molecular formula is C16H14F8N2O7. The van der Waals surface area contributed by atoms with Gasteiger partial charge in [-0.05, 0) is 12.3 Å². The van der Waals surface area contributed by atoms with Crippen LogP contribution in [0.15, 0.2) is 12.1 Å². The lowest BCUT2D eigenvalue weighted by Crippen LogP contribution is -2.59. The standard InChI is InChI=1S/C16H14F8N2O7/c1-3-7(2)9-4-8(25(28)29)5-10(26(30)31)11(9)33-13(27)32-6-14(19,20)16(23,24)15(21,22)12(17)18/h4-5,7,12H,3,6H2,1-2H3. The van der Waals surface area contributed by atoms with Crippen molar-refractivity contribution in [2.24, 2.45) is 0 Å². The number of carbonyl (C=O) groups excluding carboxylic acids is 1. The lowest BCUT2D eigenvalue weighted by molar-refractivity contribution is -0.394. The van der Waals surface area contributed by atoms with Crippen LogP contribution in [0.3, 0.4) is 0 Å². The van der Waals surface area contributed by atoms with Crippen LogP contribution in [-0.4, -0.2) is 46.8 Å². The minimum Gasteiger partial charge on any atom is -0.427 e. The first-order chi connectivity index (χ1) is 14.9. The molecule has 0 saturated heterocycles. The number of hydrogen-bond acceptors (Lipinski definition) is 7. The van der Waals surface area contributed by atoms with Crippen molar-refractivity contribution >= 4 is 17.5 Å². The summed E-state index contributed by atoms with van der Waals surface area (Å²) in [7, 11) is 0. The number of nitrogens with zero attached hydrogens (tertiary/aromatic N) is 2. The Morgan fingerprint density at radius 1 is 1.06 bits per heavy atom. The maximum Gasteiger partial charge on any atom is 0.514 e. The molecule has 0 fully saturated rings. The van der Waals surface area contributed by atoms with E-state index in [4.69, 9.17) is 0 Å². The number of hydrogen-bond donors (Lipinski definition) is 0. The molecule has 186 valence electrons. The Balaban J connectivity index is 3.26. The molecule has 1 rings (SSSR count). The molecule has 0 amide bonds. The molecule has 0 aromatic heterocycles. The van der Waals surface area contributed by atoms with Crippen molar-refractivity contribution in [3.8, 4) is 5.75 Å². The van der Waals surface area contributed by atoms with Crippen molar-refractivity contribution in [2.45, 2.75) is 50.4 Å². The summed E-state index contributed by atoms with van der Waals surface area (Å²) in [6, 6.07) is 1.11. The van der Waals surface area contributed by atoms with E-state index in [1.165, 1.54) is 13.8 Å². The van der Waals surface area contributed by atoms with Gasteiger partial charge in [0.05, 0.1) is 15.9 Å². The predicted molar refractivity (Wildman–Crippen MR) is 91.3 cm³/mol. The number of alkyl halides is 8. The first-order valence-corrected chi connectivity index (χ1v) is 8.63. The highest BCUT2D eigenvalue weighted by Gasteiger charge is 2.75. The minimum absolute atomic E-state index is 0.163. The second-order valence-electron chi connectivity index (χ2n) is 6.55. The van der Waals surface area contributed by atoms with E-state index in [-0.39, 0.29) is 12.0 Å². The maximum absolute atomic E-state index is 13.5. The van der Waals surface area contributed by atoms with Crippen LogP contribution >= 0.6 is 0 Å². The summed E-state index contributed by atoms with van der Waals surface area (Å²) in [4.78, 5) is 31.7. The Morgan fingerprint density at radius 2 is 1.61 bits per heavy atom. The van der Waals surface area contributed by atoms with E-state index in [1.807, 2.05) is 0 Å². The molecule has 0 heterocycles. The molecule has 0 saturated carbocycles. The second-order valence-corrected chi connectivity index (χ2v) is 6.55. The molecule has 1 unspecified atom stereocenters. The number of carbonyl (C=O) groups is 1. The van der Waals surface area contributed by atoms with Crippen LogP contribution in [0.4, 0.5) is 51.3 Å². The molecule has 1 aromatic rings. The van der Waals surface area contributed by atoms with Crippen molar-refractivity contribution in [3.63, 3.8) is 0 Å². The van der Waals surface area contributed by atoms with Gasteiger partial charge in [0, 0.05) is 11.6 Å². The van der Waals surface area contributed by atoms with Crippen LogP contribution in [0.2, 0.25) is 0 Å². The topological polar surface area (TPSA) is 122 Å². The summed E-state index contributed by atoms with van der Waals surface area (Å²) in [6.07, 6.45) is -7.35. The third kappa shape index (κ3) is 5.57. The Hall–Kier alpha value is -3.27. The molecule has 0 N–H and O–H groups in total. The fraction of sp³-hybridized carbons (Fsp3) is 0.562. The monoisotopic (exact) mass is 498 g/mol. The number of benzene rings is 1. The van der Waals surface area contributed by atoms with Gasteiger partial charge >= 0.3 is 36.0 Å². The molecule has 0 radical (unpaired) electrons. The summed E-state index contributed by atoms with van der Waals surface area (Å²) in [5.41, 5.74) is -2.34. The first-order valence-electron chi connectivity index (χ1n) is 8.63. The summed E-state index contributed by atoms with van der Waals surface area (Å²) in [5.74, 6) is -20.9. The van der Waals surface area contributed by atoms with E-state index in [0.717, 1.165) is 6.07 Å². The van der Waals surface area contributed by atoms with Gasteiger partial charge in [0.25, 0.3) is 5.69 Å². The normalized spacial score (nSPS) is 13.5. The molecule has 0 spiro atoms. The highest BCUT2D eigenvalue weighted by Crippen LogP contribution is 2.48. The molecule has 0 bridgehead atoms. The molecule has 1 atom stereocenters. The molecule has 17 heteroatoms. The number of non-ortho nitro benzene ring substituents is 1. The average Bonchev–Trinajstić information content (AvgIpc) is 2.70. The van der Waals surface area contributed by atoms with E-state index in [2.05, 4.69) is 9.47 Å². The smallest absolute Gasteiger partial charge is 0.427 e. The number of rotatable bonds is 10. The van der Waals surface area contributed by atoms with Crippen molar-refractivity contribution in [2.75, 3.05) is 6.61 Å². The summed E-state index contributed by atoms with van der Waals surface area (Å²) in [5, 5.41) is 22.2. The number of halogens is 8. The fourth-order valence-corrected chi connectivity index (χ4v) is 2.29. The Labute approximate surface area is 178 Å².